The van der Waals surface area contributed by atoms with E-state index in [0.29, 0.717) is 17.6 Å². The Labute approximate surface area is 317 Å². The highest BCUT2D eigenvalue weighted by Gasteiger charge is 2.22. The summed E-state index contributed by atoms with van der Waals surface area (Å²) in [5, 5.41) is 9.55. The average Bonchev–Trinajstić information content (AvgIpc) is 3.60. The van der Waals surface area contributed by atoms with Gasteiger partial charge in [0.15, 0.2) is 11.6 Å². The molecule has 0 aliphatic rings. The van der Waals surface area contributed by atoms with Gasteiger partial charge in [0.2, 0.25) is 5.95 Å². The molecule has 55 heavy (non-hydrogen) atoms. The fourth-order valence-corrected chi connectivity index (χ4v) is 8.40. The van der Waals surface area contributed by atoms with Crippen molar-refractivity contribution in [3.63, 3.8) is 0 Å². The Morgan fingerprint density at radius 2 is 0.818 bits per heavy atom. The monoisotopic (exact) mass is 700 g/mol. The molecule has 0 N–H and O–H groups in total. The molecule has 4 heteroatoms. The van der Waals surface area contributed by atoms with Crippen LogP contribution in [0.4, 0.5) is 0 Å². The van der Waals surface area contributed by atoms with Gasteiger partial charge in [-0.3, -0.25) is 4.57 Å². The second-order valence-corrected chi connectivity index (χ2v) is 14.0. The predicted octanol–water partition coefficient (Wildman–Crippen LogP) is 13.1. The van der Waals surface area contributed by atoms with E-state index in [0.717, 1.165) is 49.6 Å². The summed E-state index contributed by atoms with van der Waals surface area (Å²) in [6.45, 7) is 0. The normalized spacial score (nSPS) is 11.6. The van der Waals surface area contributed by atoms with Gasteiger partial charge in [-0.25, -0.2) is 4.98 Å². The molecule has 0 bridgehead atoms. The number of para-hydroxylation sites is 2. The van der Waals surface area contributed by atoms with Gasteiger partial charge in [-0.15, -0.1) is 0 Å². The first-order valence-electron chi connectivity index (χ1n) is 18.6. The van der Waals surface area contributed by atoms with Crippen molar-refractivity contribution < 1.29 is 0 Å². The number of aromatic nitrogens is 4. The first-order valence-corrected chi connectivity index (χ1v) is 18.6. The van der Waals surface area contributed by atoms with E-state index in [4.69, 9.17) is 15.0 Å². The Bertz CT molecular complexity index is 3220. The van der Waals surface area contributed by atoms with Gasteiger partial charge in [-0.2, -0.15) is 9.97 Å². The maximum absolute atomic E-state index is 5.41. The number of nitrogens with zero attached hydrogens (tertiary/aromatic N) is 4. The molecule has 2 heterocycles. The average molecular weight is 701 g/mol. The Morgan fingerprint density at radius 1 is 0.309 bits per heavy atom. The summed E-state index contributed by atoms with van der Waals surface area (Å²) in [7, 11) is 0. The van der Waals surface area contributed by atoms with E-state index in [-0.39, 0.29) is 0 Å². The molecule has 9 aromatic carbocycles. The molecule has 0 aliphatic carbocycles. The van der Waals surface area contributed by atoms with Crippen molar-refractivity contribution in [2.24, 2.45) is 0 Å². The van der Waals surface area contributed by atoms with E-state index in [1.807, 2.05) is 6.07 Å². The van der Waals surface area contributed by atoms with Crippen molar-refractivity contribution in [3.05, 3.63) is 194 Å². The zero-order valence-corrected chi connectivity index (χ0v) is 29.8. The van der Waals surface area contributed by atoms with Gasteiger partial charge >= 0.3 is 0 Å². The molecule has 256 valence electrons. The fraction of sp³-hybridized carbons (Fsp3) is 0. The molecular formula is C51H32N4. The highest BCUT2D eigenvalue weighted by Crippen LogP contribution is 2.43. The van der Waals surface area contributed by atoms with Crippen molar-refractivity contribution in [2.75, 3.05) is 0 Å². The predicted molar refractivity (Wildman–Crippen MR) is 228 cm³/mol. The molecule has 0 aliphatic heterocycles. The zero-order valence-electron chi connectivity index (χ0n) is 29.8. The summed E-state index contributed by atoms with van der Waals surface area (Å²) in [6.07, 6.45) is 0. The van der Waals surface area contributed by atoms with Crippen molar-refractivity contribution in [1.82, 2.24) is 19.5 Å². The summed E-state index contributed by atoms with van der Waals surface area (Å²) >= 11 is 0. The summed E-state index contributed by atoms with van der Waals surface area (Å²) < 4.78 is 2.19. The van der Waals surface area contributed by atoms with Crippen molar-refractivity contribution >= 4 is 54.1 Å². The Balaban J connectivity index is 1.24. The van der Waals surface area contributed by atoms with E-state index < -0.39 is 0 Å². The standard InChI is InChI=1S/C51H32N4/c1-2-16-33(17-3-1)36-20-8-10-26-43(36)49-52-50(54-51(53-49)55-46-28-14-12-23-39(46)40-24-13-15-29-47(40)55)44-27-11-9-25-41(44)48-38-22-7-5-19-35(38)32-45-37-21-6-4-18-34(37)30-31-42(45)48/h1-32H. The summed E-state index contributed by atoms with van der Waals surface area (Å²) in [5.74, 6) is 1.80. The quantitative estimate of drug-likeness (QED) is 0.133. The minimum atomic E-state index is 0.573. The first-order chi connectivity index (χ1) is 27.3. The van der Waals surface area contributed by atoms with E-state index >= 15 is 0 Å². The van der Waals surface area contributed by atoms with E-state index in [9.17, 15) is 0 Å². The lowest BCUT2D eigenvalue weighted by molar-refractivity contribution is 0.954. The molecule has 0 saturated carbocycles. The summed E-state index contributed by atoms with van der Waals surface area (Å²) in [5.41, 5.74) is 8.38. The van der Waals surface area contributed by atoms with Gasteiger partial charge < -0.3 is 0 Å². The van der Waals surface area contributed by atoms with Gasteiger partial charge in [0.1, 0.15) is 0 Å². The Hall–Kier alpha value is -7.43. The molecule has 11 aromatic rings. The topological polar surface area (TPSA) is 43.6 Å². The van der Waals surface area contributed by atoms with E-state index in [1.54, 1.807) is 0 Å². The van der Waals surface area contributed by atoms with Gasteiger partial charge in [-0.1, -0.05) is 176 Å². The van der Waals surface area contributed by atoms with Crippen molar-refractivity contribution in [3.8, 4) is 51.0 Å². The molecule has 4 nitrogen and oxygen atoms in total. The maximum Gasteiger partial charge on any atom is 0.238 e. The molecule has 0 fully saturated rings. The minimum absolute atomic E-state index is 0.573. The van der Waals surface area contributed by atoms with Crippen LogP contribution in [-0.2, 0) is 0 Å². The number of benzene rings is 9. The smallest absolute Gasteiger partial charge is 0.238 e. The van der Waals surface area contributed by atoms with Crippen LogP contribution >= 0.6 is 0 Å². The number of rotatable bonds is 5. The van der Waals surface area contributed by atoms with Crippen LogP contribution in [-0.4, -0.2) is 19.5 Å². The van der Waals surface area contributed by atoms with Crippen LogP contribution in [0.15, 0.2) is 194 Å². The van der Waals surface area contributed by atoms with Gasteiger partial charge in [-0.05, 0) is 72.8 Å². The van der Waals surface area contributed by atoms with Gasteiger partial charge in [0.05, 0.1) is 11.0 Å². The molecule has 0 atom stereocenters. The van der Waals surface area contributed by atoms with Crippen LogP contribution in [0.5, 0.6) is 0 Å². The SMILES string of the molecule is c1ccc(-c2ccccc2-c2nc(-c3ccccc3-c3c4ccccc4cc4c3ccc3ccccc34)nc(-n3c4ccccc4c4ccccc43)n2)cc1. The van der Waals surface area contributed by atoms with E-state index in [2.05, 4.69) is 193 Å². The first kappa shape index (κ1) is 31.1. The molecule has 0 spiro atoms. The van der Waals surface area contributed by atoms with Crippen molar-refractivity contribution in [1.29, 1.82) is 0 Å². The molecule has 0 saturated heterocycles. The van der Waals surface area contributed by atoms with Crippen LogP contribution in [0.3, 0.4) is 0 Å². The largest absolute Gasteiger partial charge is 0.278 e. The van der Waals surface area contributed by atoms with Gasteiger partial charge in [0, 0.05) is 21.9 Å². The fourth-order valence-electron chi connectivity index (χ4n) is 8.40. The maximum atomic E-state index is 5.41. The second-order valence-electron chi connectivity index (χ2n) is 14.0. The number of fused-ring (bicyclic) bond motifs is 7. The third-order valence-corrected chi connectivity index (χ3v) is 10.9. The second kappa shape index (κ2) is 12.6. The molecular weight excluding hydrogens is 669 g/mol. The molecule has 0 unspecified atom stereocenters. The van der Waals surface area contributed by atoms with Crippen molar-refractivity contribution in [2.45, 2.75) is 0 Å². The number of hydrogen-bond acceptors (Lipinski definition) is 3. The Morgan fingerprint density at radius 3 is 1.51 bits per heavy atom. The highest BCUT2D eigenvalue weighted by molar-refractivity contribution is 6.21. The molecule has 0 radical (unpaired) electrons. The third kappa shape index (κ3) is 5.03. The van der Waals surface area contributed by atoms with Crippen LogP contribution in [0, 0.1) is 0 Å². The molecule has 11 rings (SSSR count). The summed E-state index contributed by atoms with van der Waals surface area (Å²) in [4.78, 5) is 16.1. The zero-order chi connectivity index (χ0) is 36.3. The lowest BCUT2D eigenvalue weighted by Gasteiger charge is -2.18. The van der Waals surface area contributed by atoms with Crippen LogP contribution in [0.2, 0.25) is 0 Å². The lowest BCUT2D eigenvalue weighted by Crippen LogP contribution is -2.07. The van der Waals surface area contributed by atoms with E-state index in [1.165, 1.54) is 37.9 Å². The Kier molecular flexibility index (Phi) is 7.14. The minimum Gasteiger partial charge on any atom is -0.278 e. The molecule has 0 amide bonds. The molecule has 2 aromatic heterocycles. The third-order valence-electron chi connectivity index (χ3n) is 10.9. The van der Waals surface area contributed by atoms with Gasteiger partial charge in [0.25, 0.3) is 0 Å². The van der Waals surface area contributed by atoms with Crippen LogP contribution in [0.25, 0.3) is 105 Å². The number of hydrogen-bond donors (Lipinski definition) is 0. The summed E-state index contributed by atoms with van der Waals surface area (Å²) in [6, 6.07) is 68.6. The van der Waals surface area contributed by atoms with Crippen LogP contribution in [0.1, 0.15) is 0 Å². The lowest BCUT2D eigenvalue weighted by atomic mass is 9.88. The van der Waals surface area contributed by atoms with Crippen LogP contribution < -0.4 is 0 Å². The highest BCUT2D eigenvalue weighted by atomic mass is 15.2.